The molecule has 1 aromatic rings. The lowest BCUT2D eigenvalue weighted by Crippen LogP contribution is -2.47. The van der Waals surface area contributed by atoms with Crippen LogP contribution >= 0.6 is 0 Å². The van der Waals surface area contributed by atoms with Crippen LogP contribution in [0.25, 0.3) is 0 Å². The summed E-state index contributed by atoms with van der Waals surface area (Å²) in [6.45, 7) is 6.14. The van der Waals surface area contributed by atoms with Gasteiger partial charge in [0.25, 0.3) is 0 Å². The number of hydrogen-bond donors (Lipinski definition) is 0. The van der Waals surface area contributed by atoms with Crippen molar-refractivity contribution in [2.75, 3.05) is 13.1 Å². The molecule has 1 unspecified atom stereocenters. The molecule has 2 nitrogen and oxygen atoms in total. The lowest BCUT2D eigenvalue weighted by Gasteiger charge is -2.41. The first-order valence-corrected chi connectivity index (χ1v) is 6.53. The van der Waals surface area contributed by atoms with Crippen LogP contribution in [0.2, 0.25) is 0 Å². The molecule has 0 spiro atoms. The maximum atomic E-state index is 9.73. The van der Waals surface area contributed by atoms with Crippen LogP contribution in [0.1, 0.15) is 37.8 Å². The summed E-state index contributed by atoms with van der Waals surface area (Å²) >= 11 is 0. The third-order valence-electron chi connectivity index (χ3n) is 3.94. The standard InChI is InChI=1S/C15H20N2/c1-3-17(4-2)15(12-16)11-7-9-13-8-5-6-10-14(13)15/h5-6,8,10H,3-4,7,9,11H2,1-2H3. The number of nitriles is 1. The molecular weight excluding hydrogens is 208 g/mol. The molecule has 0 N–H and O–H groups in total. The third kappa shape index (κ3) is 1.85. The summed E-state index contributed by atoms with van der Waals surface area (Å²) in [7, 11) is 0. The second kappa shape index (κ2) is 4.89. The van der Waals surface area contributed by atoms with Crippen molar-refractivity contribution in [3.8, 4) is 6.07 Å². The van der Waals surface area contributed by atoms with E-state index < -0.39 is 5.54 Å². The Bertz CT molecular complexity index is 429. The highest BCUT2D eigenvalue weighted by atomic mass is 15.2. The van der Waals surface area contributed by atoms with Crippen LogP contribution in [-0.4, -0.2) is 18.0 Å². The van der Waals surface area contributed by atoms with Gasteiger partial charge in [-0.2, -0.15) is 5.26 Å². The van der Waals surface area contributed by atoms with Gasteiger partial charge >= 0.3 is 0 Å². The molecule has 17 heavy (non-hydrogen) atoms. The van der Waals surface area contributed by atoms with Crippen LogP contribution in [0.5, 0.6) is 0 Å². The summed E-state index contributed by atoms with van der Waals surface area (Å²) in [5, 5.41) is 9.73. The average molecular weight is 228 g/mol. The quantitative estimate of drug-likeness (QED) is 0.795. The van der Waals surface area contributed by atoms with Gasteiger partial charge in [-0.25, -0.2) is 0 Å². The van der Waals surface area contributed by atoms with E-state index in [1.165, 1.54) is 11.1 Å². The van der Waals surface area contributed by atoms with Gasteiger partial charge < -0.3 is 0 Å². The molecule has 1 aliphatic rings. The van der Waals surface area contributed by atoms with E-state index in [-0.39, 0.29) is 0 Å². The van der Waals surface area contributed by atoms with Crippen LogP contribution in [0.4, 0.5) is 0 Å². The highest BCUT2D eigenvalue weighted by Crippen LogP contribution is 2.39. The Morgan fingerprint density at radius 3 is 2.65 bits per heavy atom. The predicted molar refractivity (Wildman–Crippen MR) is 69.6 cm³/mol. The van der Waals surface area contributed by atoms with Crippen LogP contribution in [-0.2, 0) is 12.0 Å². The first-order chi connectivity index (χ1) is 8.28. The number of aryl methyl sites for hydroxylation is 1. The van der Waals surface area contributed by atoms with Crippen molar-refractivity contribution >= 4 is 0 Å². The Hall–Kier alpha value is -1.33. The van der Waals surface area contributed by atoms with Crippen LogP contribution in [0.3, 0.4) is 0 Å². The van der Waals surface area contributed by atoms with Gasteiger partial charge in [-0.15, -0.1) is 0 Å². The molecular formula is C15H20N2. The van der Waals surface area contributed by atoms with Crippen molar-refractivity contribution in [3.63, 3.8) is 0 Å². The molecule has 1 aromatic carbocycles. The van der Waals surface area contributed by atoms with Crippen molar-refractivity contribution in [2.45, 2.75) is 38.6 Å². The van der Waals surface area contributed by atoms with Crippen LogP contribution in [0.15, 0.2) is 24.3 Å². The molecule has 1 aliphatic carbocycles. The van der Waals surface area contributed by atoms with Gasteiger partial charge in [-0.1, -0.05) is 38.1 Å². The number of fused-ring (bicyclic) bond motifs is 1. The van der Waals surface area contributed by atoms with Crippen molar-refractivity contribution < 1.29 is 0 Å². The maximum absolute atomic E-state index is 9.73. The van der Waals surface area contributed by atoms with Crippen molar-refractivity contribution in [2.24, 2.45) is 0 Å². The molecule has 1 atom stereocenters. The van der Waals surface area contributed by atoms with E-state index in [0.29, 0.717) is 0 Å². The largest absolute Gasteiger partial charge is 0.282 e. The summed E-state index contributed by atoms with van der Waals surface area (Å²) < 4.78 is 0. The van der Waals surface area contributed by atoms with E-state index in [1.54, 1.807) is 0 Å². The molecule has 0 bridgehead atoms. The topological polar surface area (TPSA) is 27.0 Å². The van der Waals surface area contributed by atoms with Crippen molar-refractivity contribution in [1.82, 2.24) is 4.90 Å². The monoisotopic (exact) mass is 228 g/mol. The van der Waals surface area contributed by atoms with E-state index in [1.807, 2.05) is 0 Å². The molecule has 0 aliphatic heterocycles. The minimum atomic E-state index is -0.391. The Labute approximate surface area is 104 Å². The van der Waals surface area contributed by atoms with Gasteiger partial charge in [-0.3, -0.25) is 4.90 Å². The van der Waals surface area contributed by atoms with Gasteiger partial charge in [0.1, 0.15) is 5.54 Å². The number of rotatable bonds is 3. The first-order valence-electron chi connectivity index (χ1n) is 6.53. The van der Waals surface area contributed by atoms with E-state index in [9.17, 15) is 5.26 Å². The third-order valence-corrected chi connectivity index (χ3v) is 3.94. The maximum Gasteiger partial charge on any atom is 0.135 e. The fraction of sp³-hybridized carbons (Fsp3) is 0.533. The van der Waals surface area contributed by atoms with E-state index in [2.05, 4.69) is 49.1 Å². The fourth-order valence-electron chi connectivity index (χ4n) is 3.09. The van der Waals surface area contributed by atoms with Gasteiger partial charge in [0.15, 0.2) is 0 Å². The minimum Gasteiger partial charge on any atom is -0.282 e. The van der Waals surface area contributed by atoms with Gasteiger partial charge in [-0.05, 0) is 43.5 Å². The summed E-state index contributed by atoms with van der Waals surface area (Å²) in [5.41, 5.74) is 2.20. The summed E-state index contributed by atoms with van der Waals surface area (Å²) in [4.78, 5) is 2.30. The zero-order valence-corrected chi connectivity index (χ0v) is 10.7. The zero-order valence-electron chi connectivity index (χ0n) is 10.7. The highest BCUT2D eigenvalue weighted by molar-refractivity contribution is 5.40. The molecule has 0 heterocycles. The molecule has 0 fully saturated rings. The molecule has 90 valence electrons. The van der Waals surface area contributed by atoms with E-state index >= 15 is 0 Å². The molecule has 0 amide bonds. The SMILES string of the molecule is CCN(CC)C1(C#N)CCCc2ccccc21. The lowest BCUT2D eigenvalue weighted by molar-refractivity contribution is 0.132. The Balaban J connectivity index is 2.53. The van der Waals surface area contributed by atoms with Crippen molar-refractivity contribution in [1.29, 1.82) is 5.26 Å². The Morgan fingerprint density at radius 1 is 1.29 bits per heavy atom. The molecule has 0 radical (unpaired) electrons. The van der Waals surface area contributed by atoms with Crippen molar-refractivity contribution in [3.05, 3.63) is 35.4 Å². The second-order valence-corrected chi connectivity index (χ2v) is 4.66. The number of hydrogen-bond acceptors (Lipinski definition) is 2. The molecule has 0 saturated carbocycles. The normalized spacial score (nSPS) is 23.2. The highest BCUT2D eigenvalue weighted by Gasteiger charge is 2.40. The molecule has 0 aromatic heterocycles. The smallest absolute Gasteiger partial charge is 0.135 e. The lowest BCUT2D eigenvalue weighted by atomic mass is 9.76. The van der Waals surface area contributed by atoms with Crippen LogP contribution in [0, 0.1) is 11.3 Å². The zero-order chi connectivity index (χ0) is 12.3. The summed E-state index contributed by atoms with van der Waals surface area (Å²) in [6.07, 6.45) is 3.18. The first kappa shape index (κ1) is 12.1. The van der Waals surface area contributed by atoms with E-state index in [4.69, 9.17) is 0 Å². The predicted octanol–water partition coefficient (Wildman–Crippen LogP) is 3.08. The summed E-state index contributed by atoms with van der Waals surface area (Å²) in [5.74, 6) is 0. The number of benzene rings is 1. The van der Waals surface area contributed by atoms with Gasteiger partial charge in [0.05, 0.1) is 6.07 Å². The Kier molecular flexibility index (Phi) is 3.49. The molecule has 2 rings (SSSR count). The van der Waals surface area contributed by atoms with Gasteiger partial charge in [0, 0.05) is 0 Å². The minimum absolute atomic E-state index is 0.391. The fourth-order valence-corrected chi connectivity index (χ4v) is 3.09. The molecule has 2 heteroatoms. The second-order valence-electron chi connectivity index (χ2n) is 4.66. The van der Waals surface area contributed by atoms with E-state index in [0.717, 1.165) is 32.4 Å². The van der Waals surface area contributed by atoms with Gasteiger partial charge in [0.2, 0.25) is 0 Å². The number of nitrogens with zero attached hydrogens (tertiary/aromatic N) is 2. The van der Waals surface area contributed by atoms with Crippen LogP contribution < -0.4 is 0 Å². The Morgan fingerprint density at radius 2 is 2.00 bits per heavy atom. The average Bonchev–Trinajstić information content (AvgIpc) is 2.40. The summed E-state index contributed by atoms with van der Waals surface area (Å²) in [6, 6.07) is 11.0. The molecule has 0 saturated heterocycles.